The van der Waals surface area contributed by atoms with Gasteiger partial charge in [-0.25, -0.2) is 9.59 Å². The van der Waals surface area contributed by atoms with Crippen molar-refractivity contribution in [2.24, 2.45) is 0 Å². The zero-order chi connectivity index (χ0) is 12.3. The van der Waals surface area contributed by atoms with Crippen LogP contribution in [-0.2, 0) is 14.4 Å². The molecule has 0 radical (unpaired) electrons. The highest BCUT2D eigenvalue weighted by Crippen LogP contribution is 2.23. The largest absolute Gasteiger partial charge is 0.478 e. The predicted octanol–water partition coefficient (Wildman–Crippen LogP) is 0.290. The van der Waals surface area contributed by atoms with Gasteiger partial charge in [-0.1, -0.05) is 0 Å². The molecule has 0 aliphatic carbocycles. The van der Waals surface area contributed by atoms with E-state index in [1.807, 2.05) is 0 Å². The van der Waals surface area contributed by atoms with Crippen molar-refractivity contribution in [3.8, 4) is 0 Å². The fourth-order valence-electron chi connectivity index (χ4n) is 1.49. The van der Waals surface area contributed by atoms with Crippen molar-refractivity contribution in [3.05, 3.63) is 22.5 Å². The highest BCUT2D eigenvalue weighted by atomic mass is 16.7. The maximum Gasteiger partial charge on any atom is 0.354 e. The molecule has 6 heteroatoms. The molecule has 0 aromatic heterocycles. The summed E-state index contributed by atoms with van der Waals surface area (Å²) in [5.74, 6) is -1.61. The summed E-state index contributed by atoms with van der Waals surface area (Å²) in [6.45, 7) is 3.36. The number of allylic oxidation sites excluding steroid dienone is 2. The Kier molecular flexibility index (Phi) is 3.68. The molecule has 0 aromatic rings. The molecule has 0 aromatic carbocycles. The Labute approximate surface area is 92.9 Å². The molecule has 0 bridgehead atoms. The van der Waals surface area contributed by atoms with Gasteiger partial charge in [0.05, 0.1) is 11.1 Å². The lowest BCUT2D eigenvalue weighted by molar-refractivity contribution is -0.145. The first-order valence-corrected chi connectivity index (χ1v) is 4.75. The lowest BCUT2D eigenvalue weighted by Gasteiger charge is -2.20. The van der Waals surface area contributed by atoms with Crippen LogP contribution in [0.1, 0.15) is 20.3 Å². The summed E-state index contributed by atoms with van der Waals surface area (Å²) in [6, 6.07) is 0. The van der Waals surface area contributed by atoms with Gasteiger partial charge in [-0.05, 0) is 13.8 Å². The maximum absolute atomic E-state index is 11.5. The van der Waals surface area contributed by atoms with Crippen LogP contribution in [0.15, 0.2) is 22.5 Å². The van der Waals surface area contributed by atoms with Crippen molar-refractivity contribution < 1.29 is 19.5 Å². The lowest BCUT2D eigenvalue weighted by Crippen LogP contribution is -2.27. The molecule has 6 nitrogen and oxygen atoms in total. The van der Waals surface area contributed by atoms with Gasteiger partial charge in [0.2, 0.25) is 0 Å². The fourth-order valence-corrected chi connectivity index (χ4v) is 1.49. The van der Waals surface area contributed by atoms with Gasteiger partial charge in [0.15, 0.2) is 0 Å². The second-order valence-electron chi connectivity index (χ2n) is 3.41. The Hall–Kier alpha value is -1.82. The minimum absolute atomic E-state index is 0.0700. The van der Waals surface area contributed by atoms with Crippen molar-refractivity contribution >= 4 is 11.9 Å². The first-order chi connectivity index (χ1) is 7.47. The van der Waals surface area contributed by atoms with Crippen LogP contribution in [0.2, 0.25) is 0 Å². The average molecular weight is 226 g/mol. The van der Waals surface area contributed by atoms with Gasteiger partial charge in [0.1, 0.15) is 0 Å². The Balaban J connectivity index is 2.93. The van der Waals surface area contributed by atoms with E-state index in [-0.39, 0.29) is 12.0 Å². The van der Waals surface area contributed by atoms with E-state index in [0.29, 0.717) is 17.0 Å². The van der Waals surface area contributed by atoms with E-state index in [0.717, 1.165) is 0 Å². The molecule has 0 saturated carbocycles. The van der Waals surface area contributed by atoms with E-state index in [1.54, 1.807) is 13.8 Å². The fraction of sp³-hybridized carbons (Fsp3) is 0.400. The summed E-state index contributed by atoms with van der Waals surface area (Å²) < 4.78 is 0. The normalized spacial score (nSPS) is 15.9. The predicted molar refractivity (Wildman–Crippen MR) is 55.9 cm³/mol. The highest BCUT2D eigenvalue weighted by molar-refractivity contribution is 5.95. The Morgan fingerprint density at radius 3 is 2.38 bits per heavy atom. The van der Waals surface area contributed by atoms with E-state index in [2.05, 4.69) is 15.6 Å². The van der Waals surface area contributed by atoms with E-state index in [9.17, 15) is 9.59 Å². The quantitative estimate of drug-likeness (QED) is 0.599. The molecule has 1 heterocycles. The van der Waals surface area contributed by atoms with Crippen molar-refractivity contribution in [2.75, 3.05) is 7.05 Å². The summed E-state index contributed by atoms with van der Waals surface area (Å²) in [7, 11) is 1.46. The molecule has 1 rings (SSSR count). The molecule has 16 heavy (non-hydrogen) atoms. The monoisotopic (exact) mass is 226 g/mol. The van der Waals surface area contributed by atoms with E-state index >= 15 is 0 Å². The number of nitrogens with one attached hydrogen (secondary N) is 2. The Morgan fingerprint density at radius 1 is 1.31 bits per heavy atom. The number of aliphatic carboxylic acids is 1. The maximum atomic E-state index is 11.5. The molecule has 3 N–H and O–H groups in total. The highest BCUT2D eigenvalue weighted by Gasteiger charge is 2.25. The molecule has 0 atom stereocenters. The Morgan fingerprint density at radius 2 is 1.88 bits per heavy atom. The summed E-state index contributed by atoms with van der Waals surface area (Å²) in [6.07, 6.45) is 0.0700. The number of dihydropyridines is 1. The average Bonchev–Trinajstić information content (AvgIpc) is 2.17. The van der Waals surface area contributed by atoms with Crippen LogP contribution in [0.4, 0.5) is 0 Å². The number of carboxylic acid groups (broad SMARTS) is 1. The van der Waals surface area contributed by atoms with Crippen molar-refractivity contribution in [1.82, 2.24) is 10.8 Å². The van der Waals surface area contributed by atoms with E-state index in [4.69, 9.17) is 5.11 Å². The van der Waals surface area contributed by atoms with Gasteiger partial charge < -0.3 is 15.3 Å². The molecule has 0 amide bonds. The van der Waals surface area contributed by atoms with Gasteiger partial charge in [0, 0.05) is 24.9 Å². The number of hydroxylamine groups is 1. The SMILES string of the molecule is CNOC(=O)C1=C(C)NC(C)=C(C(=O)O)C1. The Bertz CT molecular complexity index is 396. The van der Waals surface area contributed by atoms with Crippen LogP contribution in [0.5, 0.6) is 0 Å². The molecular weight excluding hydrogens is 212 g/mol. The molecule has 0 spiro atoms. The molecule has 1 aliphatic heterocycles. The topological polar surface area (TPSA) is 87.7 Å². The van der Waals surface area contributed by atoms with Crippen molar-refractivity contribution in [3.63, 3.8) is 0 Å². The van der Waals surface area contributed by atoms with Gasteiger partial charge in [-0.3, -0.25) is 0 Å². The smallest absolute Gasteiger partial charge is 0.354 e. The second-order valence-corrected chi connectivity index (χ2v) is 3.41. The van der Waals surface area contributed by atoms with E-state index < -0.39 is 11.9 Å². The van der Waals surface area contributed by atoms with Gasteiger partial charge in [-0.2, -0.15) is 5.48 Å². The third-order valence-electron chi connectivity index (χ3n) is 2.33. The van der Waals surface area contributed by atoms with E-state index in [1.165, 1.54) is 7.05 Å². The first kappa shape index (κ1) is 12.3. The summed E-state index contributed by atoms with van der Waals surface area (Å²) >= 11 is 0. The standard InChI is InChI=1S/C10H14N2O4/c1-5-7(9(13)14)4-8(6(2)12-5)10(15)16-11-3/h11-12H,4H2,1-3H3,(H,13,14). The summed E-state index contributed by atoms with van der Waals surface area (Å²) in [5, 5.41) is 11.8. The van der Waals surface area contributed by atoms with Crippen LogP contribution >= 0.6 is 0 Å². The van der Waals surface area contributed by atoms with Crippen LogP contribution in [0, 0.1) is 0 Å². The molecule has 0 saturated heterocycles. The second kappa shape index (κ2) is 4.80. The number of carboxylic acids is 1. The van der Waals surface area contributed by atoms with Crippen molar-refractivity contribution in [2.45, 2.75) is 20.3 Å². The minimum Gasteiger partial charge on any atom is -0.478 e. The third-order valence-corrected chi connectivity index (χ3v) is 2.33. The first-order valence-electron chi connectivity index (χ1n) is 4.75. The van der Waals surface area contributed by atoms with Crippen LogP contribution < -0.4 is 10.8 Å². The molecular formula is C10H14N2O4. The zero-order valence-electron chi connectivity index (χ0n) is 9.38. The van der Waals surface area contributed by atoms with Gasteiger partial charge in [0.25, 0.3) is 0 Å². The van der Waals surface area contributed by atoms with Crippen molar-refractivity contribution in [1.29, 1.82) is 0 Å². The van der Waals surface area contributed by atoms with Crippen LogP contribution in [0.3, 0.4) is 0 Å². The summed E-state index contributed by atoms with van der Waals surface area (Å²) in [5.41, 5.74) is 3.92. The zero-order valence-corrected chi connectivity index (χ0v) is 9.38. The van der Waals surface area contributed by atoms with Crippen LogP contribution in [0.25, 0.3) is 0 Å². The lowest BCUT2D eigenvalue weighted by atomic mass is 9.98. The van der Waals surface area contributed by atoms with Gasteiger partial charge >= 0.3 is 11.9 Å². The number of carbonyl (C=O) groups excluding carboxylic acids is 1. The van der Waals surface area contributed by atoms with Crippen LogP contribution in [-0.4, -0.2) is 24.1 Å². The molecule has 0 fully saturated rings. The summed E-state index contributed by atoms with van der Waals surface area (Å²) in [4.78, 5) is 27.0. The molecule has 0 unspecified atom stereocenters. The molecule has 88 valence electrons. The number of carbonyl (C=O) groups is 2. The number of hydrogen-bond donors (Lipinski definition) is 3. The third kappa shape index (κ3) is 2.40. The molecule has 1 aliphatic rings. The minimum atomic E-state index is -1.03. The number of hydrogen-bond acceptors (Lipinski definition) is 5. The number of rotatable bonds is 3. The van der Waals surface area contributed by atoms with Gasteiger partial charge in [-0.15, -0.1) is 0 Å².